The number of aromatic nitrogens is 2. The van der Waals surface area contributed by atoms with Gasteiger partial charge < -0.3 is 14.0 Å². The van der Waals surface area contributed by atoms with Gasteiger partial charge in [-0.05, 0) is 13.8 Å². The van der Waals surface area contributed by atoms with Gasteiger partial charge >= 0.3 is 13.1 Å². The van der Waals surface area contributed by atoms with E-state index in [1.54, 1.807) is 13.2 Å². The molecule has 2 rings (SSSR count). The second-order valence-corrected chi connectivity index (χ2v) is 4.58. The summed E-state index contributed by atoms with van der Waals surface area (Å²) >= 11 is 0. The average molecular weight is 238 g/mol. The van der Waals surface area contributed by atoms with Crippen LogP contribution in [0.4, 0.5) is 0 Å². The summed E-state index contributed by atoms with van der Waals surface area (Å²) in [7, 11) is 2.45. The molecule has 0 N–H and O–H groups in total. The van der Waals surface area contributed by atoms with Gasteiger partial charge in [-0.25, -0.2) is 4.79 Å². The molecule has 0 saturated carbocycles. The van der Waals surface area contributed by atoms with E-state index in [1.807, 2.05) is 13.8 Å². The van der Waals surface area contributed by atoms with Crippen LogP contribution < -0.4 is 5.46 Å². The molecule has 17 heavy (non-hydrogen) atoms. The highest BCUT2D eigenvalue weighted by molar-refractivity contribution is 6.63. The number of nitrogens with zero attached hydrogens (tertiary/aromatic N) is 2. The van der Waals surface area contributed by atoms with Crippen LogP contribution in [0, 0.1) is 0 Å². The number of esters is 1. The number of rotatable bonds is 2. The van der Waals surface area contributed by atoms with Crippen molar-refractivity contribution in [1.82, 2.24) is 9.78 Å². The van der Waals surface area contributed by atoms with Crippen molar-refractivity contribution < 1.29 is 18.8 Å². The van der Waals surface area contributed by atoms with Crippen molar-refractivity contribution in [3.05, 3.63) is 11.9 Å². The summed E-state index contributed by atoms with van der Waals surface area (Å²) in [6.45, 7) is 4.34. The number of hydrogen-bond acceptors (Lipinski definition) is 5. The molecule has 7 heteroatoms. The largest absolute Gasteiger partial charge is 0.498 e. The molecule has 1 saturated heterocycles. The van der Waals surface area contributed by atoms with Crippen molar-refractivity contribution in [1.29, 1.82) is 0 Å². The van der Waals surface area contributed by atoms with Crippen molar-refractivity contribution >= 4 is 18.6 Å². The van der Waals surface area contributed by atoms with Crippen LogP contribution in [0.2, 0.25) is 0 Å². The molecule has 1 aliphatic heterocycles. The molecule has 1 aromatic heterocycles. The molecule has 0 spiro atoms. The lowest BCUT2D eigenvalue weighted by atomic mass is 9.79. The first-order valence-electron chi connectivity index (χ1n) is 5.34. The summed E-state index contributed by atoms with van der Waals surface area (Å²) in [4.78, 5) is 11.6. The molecule has 0 atom stereocenters. The molecule has 0 aliphatic carbocycles. The maximum Gasteiger partial charge on any atom is 0.498 e. The van der Waals surface area contributed by atoms with Crippen molar-refractivity contribution in [2.75, 3.05) is 13.7 Å². The molecule has 1 aromatic rings. The highest BCUT2D eigenvalue weighted by Gasteiger charge is 2.41. The molecule has 0 bridgehead atoms. The van der Waals surface area contributed by atoms with Gasteiger partial charge in [-0.2, -0.15) is 5.10 Å². The summed E-state index contributed by atoms with van der Waals surface area (Å²) in [6, 6.07) is 0. The van der Waals surface area contributed by atoms with Gasteiger partial charge in [0.2, 0.25) is 0 Å². The molecule has 0 amide bonds. The topological polar surface area (TPSA) is 62.6 Å². The first-order chi connectivity index (χ1) is 7.94. The first-order valence-corrected chi connectivity index (χ1v) is 5.34. The van der Waals surface area contributed by atoms with E-state index in [4.69, 9.17) is 14.0 Å². The first kappa shape index (κ1) is 12.1. The normalized spacial score (nSPS) is 18.5. The van der Waals surface area contributed by atoms with E-state index in [9.17, 15) is 4.79 Å². The monoisotopic (exact) mass is 238 g/mol. The Hall–Kier alpha value is -1.34. The molecule has 2 heterocycles. The van der Waals surface area contributed by atoms with Crippen molar-refractivity contribution in [2.45, 2.75) is 19.4 Å². The highest BCUT2D eigenvalue weighted by atomic mass is 16.7. The third-order valence-electron chi connectivity index (χ3n) is 2.61. The third-order valence-corrected chi connectivity index (χ3v) is 2.61. The highest BCUT2D eigenvalue weighted by Crippen LogP contribution is 2.20. The van der Waals surface area contributed by atoms with Crippen molar-refractivity contribution in [3.8, 4) is 0 Å². The predicted molar refractivity (Wildman–Crippen MR) is 61.1 cm³/mol. The van der Waals surface area contributed by atoms with Gasteiger partial charge in [0, 0.05) is 18.7 Å². The minimum Gasteiger partial charge on any atom is -0.464 e. The van der Waals surface area contributed by atoms with E-state index < -0.39 is 13.1 Å². The summed E-state index contributed by atoms with van der Waals surface area (Å²) in [5.74, 6) is -0.447. The zero-order chi connectivity index (χ0) is 12.6. The molecule has 0 radical (unpaired) electrons. The second-order valence-electron chi connectivity index (χ2n) is 4.58. The van der Waals surface area contributed by atoms with Crippen LogP contribution >= 0.6 is 0 Å². The van der Waals surface area contributed by atoms with Crippen LogP contribution in [0.25, 0.3) is 0 Å². The van der Waals surface area contributed by atoms with Gasteiger partial charge in [0.15, 0.2) is 0 Å². The van der Waals surface area contributed by atoms with Gasteiger partial charge in [-0.15, -0.1) is 0 Å². The number of methoxy groups -OCH3 is 1. The maximum absolute atomic E-state index is 11.6. The van der Waals surface area contributed by atoms with E-state index in [0.717, 1.165) is 0 Å². The van der Waals surface area contributed by atoms with Crippen LogP contribution in [0.15, 0.2) is 6.20 Å². The summed E-state index contributed by atoms with van der Waals surface area (Å²) in [6.07, 6.45) is 1.57. The number of aryl methyl sites for hydroxylation is 1. The van der Waals surface area contributed by atoms with E-state index in [-0.39, 0.29) is 5.60 Å². The van der Waals surface area contributed by atoms with Crippen LogP contribution in [-0.4, -0.2) is 42.2 Å². The Labute approximate surface area is 100.0 Å². The zero-order valence-corrected chi connectivity index (χ0v) is 10.4. The summed E-state index contributed by atoms with van der Waals surface area (Å²) < 4.78 is 17.4. The number of carbonyl (C=O) groups is 1. The van der Waals surface area contributed by atoms with Crippen LogP contribution in [0.5, 0.6) is 0 Å². The Morgan fingerprint density at radius 3 is 2.88 bits per heavy atom. The van der Waals surface area contributed by atoms with E-state index in [1.165, 1.54) is 11.8 Å². The predicted octanol–water partition coefficient (Wildman–Crippen LogP) is -0.273. The molecule has 0 unspecified atom stereocenters. The molecule has 1 aliphatic rings. The quantitative estimate of drug-likeness (QED) is 0.524. The molecule has 0 aromatic carbocycles. The maximum atomic E-state index is 11.6. The molecular weight excluding hydrogens is 223 g/mol. The lowest BCUT2D eigenvalue weighted by molar-refractivity contribution is 0.0589. The average Bonchev–Trinajstić information content (AvgIpc) is 2.80. The summed E-state index contributed by atoms with van der Waals surface area (Å²) in [5, 5.41) is 4.03. The fourth-order valence-electron chi connectivity index (χ4n) is 1.76. The lowest BCUT2D eigenvalue weighted by Gasteiger charge is -2.15. The zero-order valence-electron chi connectivity index (χ0n) is 10.4. The van der Waals surface area contributed by atoms with Gasteiger partial charge in [-0.3, -0.25) is 4.68 Å². The Kier molecular flexibility index (Phi) is 2.97. The van der Waals surface area contributed by atoms with Crippen molar-refractivity contribution in [2.24, 2.45) is 7.05 Å². The van der Waals surface area contributed by atoms with E-state index >= 15 is 0 Å². The Morgan fingerprint density at radius 2 is 2.35 bits per heavy atom. The Balaban J connectivity index is 2.31. The molecule has 1 fully saturated rings. The number of ether oxygens (including phenoxy) is 1. The van der Waals surface area contributed by atoms with Crippen LogP contribution in [0.1, 0.15) is 24.3 Å². The minimum absolute atomic E-state index is 0.353. The van der Waals surface area contributed by atoms with Crippen LogP contribution in [-0.2, 0) is 21.1 Å². The number of hydrogen-bond donors (Lipinski definition) is 0. The minimum atomic E-state index is -0.562. The standard InChI is InChI=1S/C10H15BN2O4/c1-10(2)6-16-11(17-10)7-5-12-13(3)8(7)9(14)15-4/h5H,6H2,1-4H3. The van der Waals surface area contributed by atoms with E-state index in [0.29, 0.717) is 17.8 Å². The SMILES string of the molecule is COC(=O)c1c(B2OCC(C)(C)O2)cnn1C. The smallest absolute Gasteiger partial charge is 0.464 e. The summed E-state index contributed by atoms with van der Waals surface area (Å²) in [5.41, 5.74) is 0.605. The van der Waals surface area contributed by atoms with Crippen molar-refractivity contribution in [3.63, 3.8) is 0 Å². The molecular formula is C10H15BN2O4. The molecule has 92 valence electrons. The third kappa shape index (κ3) is 2.20. The van der Waals surface area contributed by atoms with Crippen LogP contribution in [0.3, 0.4) is 0 Å². The Morgan fingerprint density at radius 1 is 1.65 bits per heavy atom. The van der Waals surface area contributed by atoms with Gasteiger partial charge in [-0.1, -0.05) is 0 Å². The lowest BCUT2D eigenvalue weighted by Crippen LogP contribution is -2.37. The van der Waals surface area contributed by atoms with Gasteiger partial charge in [0.25, 0.3) is 0 Å². The number of carbonyl (C=O) groups excluding carboxylic acids is 1. The Bertz CT molecular complexity index is 444. The van der Waals surface area contributed by atoms with Gasteiger partial charge in [0.05, 0.1) is 19.3 Å². The fraction of sp³-hybridized carbons (Fsp3) is 0.600. The fourth-order valence-corrected chi connectivity index (χ4v) is 1.76. The van der Waals surface area contributed by atoms with Gasteiger partial charge in [0.1, 0.15) is 5.69 Å². The second kappa shape index (κ2) is 4.16. The van der Waals surface area contributed by atoms with E-state index in [2.05, 4.69) is 5.10 Å². The molecule has 6 nitrogen and oxygen atoms in total.